The minimum Gasteiger partial charge on any atom is -0.347 e. The molecule has 6 heteroatoms. The Balaban J connectivity index is 1.79. The molecule has 3 nitrogen and oxygen atoms in total. The molecule has 24 heavy (non-hydrogen) atoms. The summed E-state index contributed by atoms with van der Waals surface area (Å²) in [5, 5.41) is 8.25. The first-order valence-electron chi connectivity index (χ1n) is 8.13. The van der Waals surface area contributed by atoms with Crippen molar-refractivity contribution in [2.45, 2.75) is 31.7 Å². The SMILES string of the molecule is CCc1ccsc1C(=O)NC1CNCCC1c1ccc(F)c(F)c1. The van der Waals surface area contributed by atoms with Crippen LogP contribution in [0, 0.1) is 11.6 Å². The largest absolute Gasteiger partial charge is 0.347 e. The fraction of sp³-hybridized carbons (Fsp3) is 0.389. The highest BCUT2D eigenvalue weighted by atomic mass is 32.1. The van der Waals surface area contributed by atoms with Gasteiger partial charge < -0.3 is 10.6 Å². The van der Waals surface area contributed by atoms with Gasteiger partial charge in [-0.25, -0.2) is 8.78 Å². The van der Waals surface area contributed by atoms with Crippen molar-refractivity contribution in [1.82, 2.24) is 10.6 Å². The maximum Gasteiger partial charge on any atom is 0.261 e. The zero-order valence-corrected chi connectivity index (χ0v) is 14.3. The number of carbonyl (C=O) groups excluding carboxylic acids is 1. The van der Waals surface area contributed by atoms with Crippen molar-refractivity contribution < 1.29 is 13.6 Å². The van der Waals surface area contributed by atoms with E-state index in [1.807, 2.05) is 18.4 Å². The molecular weight excluding hydrogens is 330 g/mol. The summed E-state index contributed by atoms with van der Waals surface area (Å²) in [5.74, 6) is -1.82. The highest BCUT2D eigenvalue weighted by molar-refractivity contribution is 7.12. The Morgan fingerprint density at radius 2 is 2.17 bits per heavy atom. The van der Waals surface area contributed by atoms with Crippen molar-refractivity contribution in [3.05, 3.63) is 57.3 Å². The molecule has 1 aromatic heterocycles. The fourth-order valence-corrected chi connectivity index (χ4v) is 4.10. The molecule has 1 aromatic carbocycles. The predicted molar refractivity (Wildman–Crippen MR) is 91.5 cm³/mol. The van der Waals surface area contributed by atoms with E-state index in [9.17, 15) is 13.6 Å². The molecule has 1 aliphatic heterocycles. The number of thiophene rings is 1. The highest BCUT2D eigenvalue weighted by Gasteiger charge is 2.29. The molecule has 2 N–H and O–H groups in total. The number of carbonyl (C=O) groups is 1. The Hall–Kier alpha value is -1.79. The Bertz CT molecular complexity index is 732. The number of piperidine rings is 1. The standard InChI is InChI=1S/C18H20F2N2OS/c1-2-11-6-8-24-17(11)18(23)22-16-10-21-7-5-13(16)12-3-4-14(19)15(20)9-12/h3-4,6,8-9,13,16,21H,2,5,7,10H2,1H3,(H,22,23). The van der Waals surface area contributed by atoms with E-state index < -0.39 is 11.6 Å². The second-order valence-electron chi connectivity index (χ2n) is 5.98. The van der Waals surface area contributed by atoms with Crippen LogP contribution in [0.2, 0.25) is 0 Å². The molecule has 1 fully saturated rings. The number of halogens is 2. The summed E-state index contributed by atoms with van der Waals surface area (Å²) in [6.07, 6.45) is 1.57. The number of nitrogens with one attached hydrogen (secondary N) is 2. The first-order chi connectivity index (χ1) is 11.6. The van der Waals surface area contributed by atoms with Crippen LogP contribution in [-0.2, 0) is 6.42 Å². The van der Waals surface area contributed by atoms with E-state index in [1.165, 1.54) is 17.4 Å². The molecular formula is C18H20F2N2OS. The lowest BCUT2D eigenvalue weighted by molar-refractivity contribution is 0.0927. The predicted octanol–water partition coefficient (Wildman–Crippen LogP) is 3.46. The summed E-state index contributed by atoms with van der Waals surface area (Å²) in [5.41, 5.74) is 1.76. The topological polar surface area (TPSA) is 41.1 Å². The smallest absolute Gasteiger partial charge is 0.261 e. The van der Waals surface area contributed by atoms with E-state index in [2.05, 4.69) is 10.6 Å². The lowest BCUT2D eigenvalue weighted by Crippen LogP contribution is -2.50. The highest BCUT2D eigenvalue weighted by Crippen LogP contribution is 2.28. The molecule has 1 aliphatic rings. The lowest BCUT2D eigenvalue weighted by Gasteiger charge is -2.33. The minimum atomic E-state index is -0.848. The molecule has 2 heterocycles. The van der Waals surface area contributed by atoms with Gasteiger partial charge in [0.2, 0.25) is 0 Å². The first-order valence-corrected chi connectivity index (χ1v) is 9.01. The number of hydrogen-bond acceptors (Lipinski definition) is 3. The maximum atomic E-state index is 13.6. The van der Waals surface area contributed by atoms with Gasteiger partial charge in [0.1, 0.15) is 0 Å². The Morgan fingerprint density at radius 1 is 1.33 bits per heavy atom. The quantitative estimate of drug-likeness (QED) is 0.887. The Morgan fingerprint density at radius 3 is 2.92 bits per heavy atom. The maximum absolute atomic E-state index is 13.6. The zero-order chi connectivity index (χ0) is 17.1. The van der Waals surface area contributed by atoms with Gasteiger partial charge in [-0.3, -0.25) is 4.79 Å². The summed E-state index contributed by atoms with van der Waals surface area (Å²) in [4.78, 5) is 13.3. The van der Waals surface area contributed by atoms with E-state index >= 15 is 0 Å². The number of benzene rings is 1. The summed E-state index contributed by atoms with van der Waals surface area (Å²) >= 11 is 1.43. The van der Waals surface area contributed by atoms with Gasteiger partial charge in [-0.15, -0.1) is 11.3 Å². The molecule has 2 aromatic rings. The van der Waals surface area contributed by atoms with Crippen LogP contribution in [0.5, 0.6) is 0 Å². The monoisotopic (exact) mass is 350 g/mol. The summed E-state index contributed by atoms with van der Waals surface area (Å²) in [6.45, 7) is 3.42. The van der Waals surface area contributed by atoms with Gasteiger partial charge in [0, 0.05) is 18.5 Å². The summed E-state index contributed by atoms with van der Waals surface area (Å²) in [6, 6.07) is 5.82. The zero-order valence-electron chi connectivity index (χ0n) is 13.4. The molecule has 0 radical (unpaired) electrons. The van der Waals surface area contributed by atoms with Crippen molar-refractivity contribution in [2.24, 2.45) is 0 Å². The van der Waals surface area contributed by atoms with Gasteiger partial charge in [0.05, 0.1) is 4.88 Å². The van der Waals surface area contributed by atoms with Gasteiger partial charge >= 0.3 is 0 Å². The van der Waals surface area contributed by atoms with Gasteiger partial charge in [-0.05, 0) is 54.1 Å². The third-order valence-electron chi connectivity index (χ3n) is 4.50. The van der Waals surface area contributed by atoms with Gasteiger partial charge in [0.25, 0.3) is 5.91 Å². The van der Waals surface area contributed by atoms with Crippen molar-refractivity contribution in [3.63, 3.8) is 0 Å². The average molecular weight is 350 g/mol. The van der Waals surface area contributed by atoms with Crippen LogP contribution in [0.4, 0.5) is 8.78 Å². The second kappa shape index (κ2) is 7.40. The molecule has 0 bridgehead atoms. The second-order valence-corrected chi connectivity index (χ2v) is 6.90. The van der Waals surface area contributed by atoms with Crippen LogP contribution >= 0.6 is 11.3 Å². The summed E-state index contributed by atoms with van der Waals surface area (Å²) in [7, 11) is 0. The minimum absolute atomic E-state index is 0.0321. The molecule has 1 amide bonds. The summed E-state index contributed by atoms with van der Waals surface area (Å²) < 4.78 is 26.8. The van der Waals surface area contributed by atoms with Crippen molar-refractivity contribution in [1.29, 1.82) is 0 Å². The molecule has 2 unspecified atom stereocenters. The van der Waals surface area contributed by atoms with Crippen LogP contribution < -0.4 is 10.6 Å². The van der Waals surface area contributed by atoms with E-state index in [0.29, 0.717) is 6.54 Å². The van der Waals surface area contributed by atoms with E-state index in [0.717, 1.165) is 41.5 Å². The molecule has 0 saturated carbocycles. The normalized spacial score (nSPS) is 20.8. The number of rotatable bonds is 4. The van der Waals surface area contributed by atoms with Gasteiger partial charge in [-0.2, -0.15) is 0 Å². The first kappa shape index (κ1) is 17.0. The van der Waals surface area contributed by atoms with Crippen molar-refractivity contribution in [3.8, 4) is 0 Å². The average Bonchev–Trinajstić information content (AvgIpc) is 3.07. The molecule has 0 aliphatic carbocycles. The van der Waals surface area contributed by atoms with Gasteiger partial charge in [-0.1, -0.05) is 13.0 Å². The van der Waals surface area contributed by atoms with Crippen LogP contribution in [0.3, 0.4) is 0 Å². The molecule has 128 valence electrons. The molecule has 2 atom stereocenters. The van der Waals surface area contributed by atoms with Crippen LogP contribution in [-0.4, -0.2) is 25.0 Å². The Labute approximate surface area is 144 Å². The molecule has 0 spiro atoms. The van der Waals surface area contributed by atoms with E-state index in [4.69, 9.17) is 0 Å². The van der Waals surface area contributed by atoms with Crippen molar-refractivity contribution >= 4 is 17.2 Å². The number of aryl methyl sites for hydroxylation is 1. The third kappa shape index (κ3) is 3.49. The Kier molecular flexibility index (Phi) is 5.26. The fourth-order valence-electron chi connectivity index (χ4n) is 3.20. The molecule has 1 saturated heterocycles. The number of hydrogen-bond donors (Lipinski definition) is 2. The van der Waals surface area contributed by atoms with Crippen LogP contribution in [0.15, 0.2) is 29.6 Å². The van der Waals surface area contributed by atoms with Crippen LogP contribution in [0.25, 0.3) is 0 Å². The third-order valence-corrected chi connectivity index (χ3v) is 5.46. The molecule has 3 rings (SSSR count). The lowest BCUT2D eigenvalue weighted by atomic mass is 9.86. The van der Waals surface area contributed by atoms with Gasteiger partial charge in [0.15, 0.2) is 11.6 Å². The van der Waals surface area contributed by atoms with Crippen LogP contribution in [0.1, 0.15) is 40.1 Å². The van der Waals surface area contributed by atoms with E-state index in [1.54, 1.807) is 6.07 Å². The van der Waals surface area contributed by atoms with Crippen molar-refractivity contribution in [2.75, 3.05) is 13.1 Å². The number of amides is 1. The van der Waals surface area contributed by atoms with E-state index in [-0.39, 0.29) is 17.9 Å².